The number of hydrogen-bond donors (Lipinski definition) is 1. The molecule has 17 heavy (non-hydrogen) atoms. The summed E-state index contributed by atoms with van der Waals surface area (Å²) in [6.07, 6.45) is 1.30. The summed E-state index contributed by atoms with van der Waals surface area (Å²) in [5.74, 6) is 0.966. The normalized spacial score (nSPS) is 10.3. The molecule has 0 saturated carbocycles. The number of nitrogens with two attached hydrogens (primary N) is 1. The quantitative estimate of drug-likeness (QED) is 0.904. The third-order valence-electron chi connectivity index (χ3n) is 1.88. The van der Waals surface area contributed by atoms with Crippen LogP contribution in [0.1, 0.15) is 0 Å². The van der Waals surface area contributed by atoms with Crippen molar-refractivity contribution in [2.24, 2.45) is 0 Å². The predicted molar refractivity (Wildman–Crippen MR) is 70.7 cm³/mol. The van der Waals surface area contributed by atoms with Gasteiger partial charge in [0.15, 0.2) is 0 Å². The number of ether oxygens (including phenoxy) is 1. The lowest BCUT2D eigenvalue weighted by Crippen LogP contribution is -1.96. The molecule has 0 unspecified atom stereocenters. The SMILES string of the molecule is Nc1ncnc(Oc2cc(Cl)ccc2Cl)c1Br. The average Bonchev–Trinajstić information content (AvgIpc) is 2.30. The summed E-state index contributed by atoms with van der Waals surface area (Å²) in [4.78, 5) is 7.74. The lowest BCUT2D eigenvalue weighted by molar-refractivity contribution is 0.459. The molecule has 4 nitrogen and oxygen atoms in total. The van der Waals surface area contributed by atoms with Gasteiger partial charge in [0.1, 0.15) is 22.4 Å². The van der Waals surface area contributed by atoms with Gasteiger partial charge in [-0.15, -0.1) is 0 Å². The molecule has 0 bridgehead atoms. The third kappa shape index (κ3) is 2.80. The van der Waals surface area contributed by atoms with Crippen LogP contribution in [-0.4, -0.2) is 9.97 Å². The highest BCUT2D eigenvalue weighted by Gasteiger charge is 2.10. The maximum absolute atomic E-state index is 5.96. The molecule has 0 spiro atoms. The van der Waals surface area contributed by atoms with E-state index in [1.165, 1.54) is 6.33 Å². The van der Waals surface area contributed by atoms with Crippen LogP contribution in [0.25, 0.3) is 0 Å². The minimum absolute atomic E-state index is 0.279. The van der Waals surface area contributed by atoms with Gasteiger partial charge < -0.3 is 10.5 Å². The number of benzene rings is 1. The molecule has 2 rings (SSSR count). The van der Waals surface area contributed by atoms with E-state index in [0.717, 1.165) is 0 Å². The van der Waals surface area contributed by atoms with E-state index in [1.807, 2.05) is 0 Å². The van der Waals surface area contributed by atoms with Gasteiger partial charge in [-0.1, -0.05) is 23.2 Å². The Morgan fingerprint density at radius 2 is 2.00 bits per heavy atom. The molecule has 0 atom stereocenters. The standard InChI is InChI=1S/C10H6BrCl2N3O/c11-8-9(14)15-4-16-10(8)17-7-3-5(12)1-2-6(7)13/h1-4H,(H2,14,15,16). The Kier molecular flexibility index (Phi) is 3.71. The number of nitrogens with zero attached hydrogens (tertiary/aromatic N) is 2. The lowest BCUT2D eigenvalue weighted by atomic mass is 10.3. The summed E-state index contributed by atoms with van der Waals surface area (Å²) < 4.78 is 5.98. The predicted octanol–water partition coefficient (Wildman–Crippen LogP) is 3.92. The fourth-order valence-electron chi connectivity index (χ4n) is 1.10. The van der Waals surface area contributed by atoms with Crippen molar-refractivity contribution in [3.63, 3.8) is 0 Å². The number of halogens is 3. The van der Waals surface area contributed by atoms with Crippen molar-refractivity contribution < 1.29 is 4.74 Å². The zero-order chi connectivity index (χ0) is 12.4. The van der Waals surface area contributed by atoms with E-state index in [9.17, 15) is 0 Å². The minimum Gasteiger partial charge on any atom is -0.436 e. The largest absolute Gasteiger partial charge is 0.436 e. The second-order valence-corrected chi connectivity index (χ2v) is 4.69. The first-order chi connectivity index (χ1) is 8.08. The van der Waals surface area contributed by atoms with Gasteiger partial charge in [0.25, 0.3) is 0 Å². The molecule has 2 N–H and O–H groups in total. The van der Waals surface area contributed by atoms with Crippen molar-refractivity contribution in [3.05, 3.63) is 39.0 Å². The Morgan fingerprint density at radius 1 is 1.24 bits per heavy atom. The van der Waals surface area contributed by atoms with Gasteiger partial charge in [0, 0.05) is 11.1 Å². The van der Waals surface area contributed by atoms with E-state index in [1.54, 1.807) is 18.2 Å². The zero-order valence-electron chi connectivity index (χ0n) is 8.32. The topological polar surface area (TPSA) is 61.0 Å². The molecular weight excluding hydrogens is 329 g/mol. The van der Waals surface area contributed by atoms with Gasteiger partial charge in [-0.2, -0.15) is 0 Å². The summed E-state index contributed by atoms with van der Waals surface area (Å²) in [7, 11) is 0. The maximum Gasteiger partial charge on any atom is 0.238 e. The highest BCUT2D eigenvalue weighted by Crippen LogP contribution is 2.35. The fourth-order valence-corrected chi connectivity index (χ4v) is 1.70. The van der Waals surface area contributed by atoms with Gasteiger partial charge in [-0.25, -0.2) is 9.97 Å². The molecule has 0 radical (unpaired) electrons. The first-order valence-corrected chi connectivity index (χ1v) is 6.01. The van der Waals surface area contributed by atoms with E-state index in [-0.39, 0.29) is 11.7 Å². The van der Waals surface area contributed by atoms with Crippen LogP contribution in [0.3, 0.4) is 0 Å². The molecule has 88 valence electrons. The molecule has 1 heterocycles. The van der Waals surface area contributed by atoms with Crippen molar-refractivity contribution in [1.29, 1.82) is 0 Å². The van der Waals surface area contributed by atoms with Crippen LogP contribution in [0.2, 0.25) is 10.0 Å². The molecular formula is C10H6BrCl2N3O. The van der Waals surface area contributed by atoms with E-state index in [0.29, 0.717) is 20.3 Å². The number of nitrogen functional groups attached to an aromatic ring is 1. The highest BCUT2D eigenvalue weighted by atomic mass is 79.9. The van der Waals surface area contributed by atoms with Gasteiger partial charge in [0.05, 0.1) is 5.02 Å². The molecule has 0 saturated heterocycles. The first-order valence-electron chi connectivity index (χ1n) is 4.47. The number of aromatic nitrogens is 2. The summed E-state index contributed by atoms with van der Waals surface area (Å²) in [6.45, 7) is 0. The van der Waals surface area contributed by atoms with Crippen molar-refractivity contribution in [2.45, 2.75) is 0 Å². The van der Waals surface area contributed by atoms with Crippen LogP contribution < -0.4 is 10.5 Å². The number of hydrogen-bond acceptors (Lipinski definition) is 4. The first kappa shape index (κ1) is 12.4. The Bertz CT molecular complexity index is 565. The highest BCUT2D eigenvalue weighted by molar-refractivity contribution is 9.10. The molecule has 1 aromatic heterocycles. The zero-order valence-corrected chi connectivity index (χ0v) is 11.4. The third-order valence-corrected chi connectivity index (χ3v) is 3.18. The van der Waals surface area contributed by atoms with Crippen LogP contribution in [0.5, 0.6) is 11.6 Å². The van der Waals surface area contributed by atoms with Gasteiger partial charge in [0.2, 0.25) is 5.88 Å². The molecule has 0 aliphatic rings. The second-order valence-electron chi connectivity index (χ2n) is 3.05. The van der Waals surface area contributed by atoms with Crippen molar-refractivity contribution >= 4 is 44.9 Å². The summed E-state index contributed by atoms with van der Waals surface area (Å²) >= 11 is 15.0. The molecule has 1 aromatic carbocycles. The Morgan fingerprint density at radius 3 is 2.76 bits per heavy atom. The molecule has 2 aromatic rings. The van der Waals surface area contributed by atoms with Gasteiger partial charge in [-0.3, -0.25) is 0 Å². The smallest absolute Gasteiger partial charge is 0.238 e. The molecule has 0 aliphatic heterocycles. The lowest BCUT2D eigenvalue weighted by Gasteiger charge is -2.08. The summed E-state index contributed by atoms with van der Waals surface area (Å²) in [6, 6.07) is 4.90. The van der Waals surface area contributed by atoms with Crippen LogP contribution in [0.15, 0.2) is 29.0 Å². The summed E-state index contributed by atoms with van der Waals surface area (Å²) in [5, 5.41) is 0.945. The average molecular weight is 335 g/mol. The van der Waals surface area contributed by atoms with Crippen molar-refractivity contribution in [2.75, 3.05) is 5.73 Å². The van der Waals surface area contributed by atoms with E-state index >= 15 is 0 Å². The second kappa shape index (κ2) is 5.08. The Labute approximate surface area is 116 Å². The molecule has 0 aliphatic carbocycles. The van der Waals surface area contributed by atoms with Crippen molar-refractivity contribution in [1.82, 2.24) is 9.97 Å². The Balaban J connectivity index is 2.38. The minimum atomic E-state index is 0.279. The van der Waals surface area contributed by atoms with E-state index in [2.05, 4.69) is 25.9 Å². The van der Waals surface area contributed by atoms with Gasteiger partial charge >= 0.3 is 0 Å². The van der Waals surface area contributed by atoms with Crippen molar-refractivity contribution in [3.8, 4) is 11.6 Å². The van der Waals surface area contributed by atoms with Gasteiger partial charge in [-0.05, 0) is 28.1 Å². The van der Waals surface area contributed by atoms with E-state index in [4.69, 9.17) is 33.7 Å². The maximum atomic E-state index is 5.96. The van der Waals surface area contributed by atoms with Crippen LogP contribution >= 0.6 is 39.1 Å². The number of anilines is 1. The Hall–Kier alpha value is -1.04. The van der Waals surface area contributed by atoms with Crippen LogP contribution in [-0.2, 0) is 0 Å². The monoisotopic (exact) mass is 333 g/mol. The van der Waals surface area contributed by atoms with Crippen LogP contribution in [0, 0.1) is 0 Å². The summed E-state index contributed by atoms with van der Waals surface area (Å²) in [5.41, 5.74) is 5.61. The molecule has 0 fully saturated rings. The molecule has 7 heteroatoms. The van der Waals surface area contributed by atoms with E-state index < -0.39 is 0 Å². The fraction of sp³-hybridized carbons (Fsp3) is 0. The molecule has 0 amide bonds. The van der Waals surface area contributed by atoms with Crippen LogP contribution in [0.4, 0.5) is 5.82 Å². The number of rotatable bonds is 2.